The van der Waals surface area contributed by atoms with Gasteiger partial charge in [0.2, 0.25) is 0 Å². The maximum Gasteiger partial charge on any atom is 0.166 e. The van der Waals surface area contributed by atoms with Gasteiger partial charge in [0.1, 0.15) is 0 Å². The number of rotatable bonds is 1. The topological polar surface area (TPSA) is 47.3 Å². The molecule has 1 aromatic carbocycles. The molecular weight excluding hydrogens is 286 g/mol. The van der Waals surface area contributed by atoms with Gasteiger partial charge in [-0.15, -0.1) is 0 Å². The molecule has 0 amide bonds. The van der Waals surface area contributed by atoms with Crippen LogP contribution >= 0.6 is 0 Å². The van der Waals surface area contributed by atoms with Crippen molar-refractivity contribution in [2.75, 3.05) is 0 Å². The lowest BCUT2D eigenvalue weighted by Crippen LogP contribution is -2.28. The van der Waals surface area contributed by atoms with Crippen molar-refractivity contribution in [3.05, 3.63) is 53.5 Å². The molecule has 4 nitrogen and oxygen atoms in total. The summed E-state index contributed by atoms with van der Waals surface area (Å²) < 4.78 is 1.73. The van der Waals surface area contributed by atoms with E-state index in [2.05, 4.69) is 50.1 Å². The third-order valence-electron chi connectivity index (χ3n) is 4.52. The summed E-state index contributed by atoms with van der Waals surface area (Å²) in [6, 6.07) is 8.35. The van der Waals surface area contributed by atoms with Crippen LogP contribution in [0.1, 0.15) is 41.9 Å². The van der Waals surface area contributed by atoms with E-state index in [1.54, 1.807) is 4.52 Å². The first-order valence-electron chi connectivity index (χ1n) is 7.90. The van der Waals surface area contributed by atoms with Crippen molar-refractivity contribution >= 4 is 11.4 Å². The van der Waals surface area contributed by atoms with Crippen LogP contribution in [0.3, 0.4) is 0 Å². The summed E-state index contributed by atoms with van der Waals surface area (Å²) in [6.07, 6.45) is 5.06. The van der Waals surface area contributed by atoms with Gasteiger partial charge in [-0.25, -0.2) is 9.50 Å². The van der Waals surface area contributed by atoms with Crippen LogP contribution in [-0.2, 0) is 6.42 Å². The molecule has 3 aromatic rings. The van der Waals surface area contributed by atoms with Gasteiger partial charge >= 0.3 is 0 Å². The molecule has 1 aliphatic carbocycles. The number of carbonyl (C=O) groups excluding carboxylic acids is 1. The highest BCUT2D eigenvalue weighted by Crippen LogP contribution is 2.35. The predicted molar refractivity (Wildman–Crippen MR) is 89.6 cm³/mol. The van der Waals surface area contributed by atoms with Crippen LogP contribution in [0.15, 0.2) is 36.7 Å². The van der Waals surface area contributed by atoms with E-state index >= 15 is 0 Å². The number of carbonyl (C=O) groups is 1. The van der Waals surface area contributed by atoms with Gasteiger partial charge in [0.15, 0.2) is 11.4 Å². The largest absolute Gasteiger partial charge is 0.294 e. The Balaban J connectivity index is 1.90. The number of ketones is 1. The molecule has 2 aromatic heterocycles. The number of aromatic nitrogens is 3. The summed E-state index contributed by atoms with van der Waals surface area (Å²) in [5, 5.41) is 4.40. The Bertz CT molecular complexity index is 920. The maximum absolute atomic E-state index is 12.4. The second kappa shape index (κ2) is 4.75. The van der Waals surface area contributed by atoms with E-state index in [0.29, 0.717) is 6.42 Å². The Labute approximate surface area is 135 Å². The number of hydrogen-bond donors (Lipinski definition) is 0. The molecule has 0 saturated heterocycles. The lowest BCUT2D eigenvalue weighted by molar-refractivity contribution is 0.0909. The Morgan fingerprint density at radius 3 is 2.57 bits per heavy atom. The minimum Gasteiger partial charge on any atom is -0.294 e. The van der Waals surface area contributed by atoms with Crippen molar-refractivity contribution in [3.63, 3.8) is 0 Å². The lowest BCUT2D eigenvalue weighted by Gasteiger charge is -2.29. The van der Waals surface area contributed by atoms with E-state index in [-0.39, 0.29) is 11.2 Å². The smallest absolute Gasteiger partial charge is 0.166 e. The van der Waals surface area contributed by atoms with Crippen molar-refractivity contribution in [1.82, 2.24) is 14.6 Å². The normalized spacial score (nSPS) is 16.6. The third kappa shape index (κ3) is 2.34. The van der Waals surface area contributed by atoms with Gasteiger partial charge in [0, 0.05) is 18.2 Å². The molecule has 0 bridgehead atoms. The van der Waals surface area contributed by atoms with Crippen molar-refractivity contribution in [1.29, 1.82) is 0 Å². The minimum atomic E-state index is -0.0283. The molecule has 4 rings (SSSR count). The first kappa shape index (κ1) is 14.1. The van der Waals surface area contributed by atoms with Crippen LogP contribution in [0, 0.1) is 12.3 Å². The number of hydrogen-bond acceptors (Lipinski definition) is 3. The fourth-order valence-electron chi connectivity index (χ4n) is 3.30. The van der Waals surface area contributed by atoms with Crippen LogP contribution < -0.4 is 0 Å². The molecule has 0 spiro atoms. The summed E-state index contributed by atoms with van der Waals surface area (Å²) >= 11 is 0. The molecule has 2 heterocycles. The Morgan fingerprint density at radius 2 is 1.83 bits per heavy atom. The van der Waals surface area contributed by atoms with Crippen LogP contribution in [0.2, 0.25) is 0 Å². The highest BCUT2D eigenvalue weighted by Gasteiger charge is 2.32. The average molecular weight is 305 g/mol. The monoisotopic (exact) mass is 305 g/mol. The van der Waals surface area contributed by atoms with Gasteiger partial charge in [-0.05, 0) is 24.3 Å². The molecule has 0 saturated carbocycles. The van der Waals surface area contributed by atoms with Crippen LogP contribution in [0.5, 0.6) is 0 Å². The minimum absolute atomic E-state index is 0.0283. The number of aryl methyl sites for hydroxylation is 1. The van der Waals surface area contributed by atoms with E-state index < -0.39 is 0 Å². The zero-order chi connectivity index (χ0) is 16.2. The summed E-state index contributed by atoms with van der Waals surface area (Å²) in [7, 11) is 0. The van der Waals surface area contributed by atoms with Gasteiger partial charge < -0.3 is 0 Å². The summed E-state index contributed by atoms with van der Waals surface area (Å²) in [6.45, 7) is 6.32. The molecule has 0 unspecified atom stereocenters. The van der Waals surface area contributed by atoms with E-state index in [0.717, 1.165) is 34.5 Å². The van der Waals surface area contributed by atoms with E-state index in [1.165, 1.54) is 5.56 Å². The van der Waals surface area contributed by atoms with E-state index in [9.17, 15) is 4.79 Å². The Morgan fingerprint density at radius 1 is 1.09 bits per heavy atom. The molecule has 0 aliphatic heterocycles. The van der Waals surface area contributed by atoms with Crippen molar-refractivity contribution in [2.45, 2.75) is 33.6 Å². The second-order valence-corrected chi connectivity index (χ2v) is 7.23. The molecular formula is C19H19N3O. The highest BCUT2D eigenvalue weighted by atomic mass is 16.1. The summed E-state index contributed by atoms with van der Waals surface area (Å²) in [5.74, 6) is 0.165. The molecule has 0 N–H and O–H groups in total. The number of nitrogens with zero attached hydrogens (tertiary/aromatic N) is 3. The molecule has 23 heavy (non-hydrogen) atoms. The van der Waals surface area contributed by atoms with Gasteiger partial charge in [0.05, 0.1) is 17.5 Å². The number of benzene rings is 1. The van der Waals surface area contributed by atoms with E-state index in [4.69, 9.17) is 4.98 Å². The van der Waals surface area contributed by atoms with Gasteiger partial charge in [-0.1, -0.05) is 43.7 Å². The second-order valence-electron chi connectivity index (χ2n) is 7.23. The standard InChI is InChI=1S/C19H19N3O/c1-12-4-6-13(7-5-12)14-10-20-22-11-15-16(21-18(14)22)8-19(2,3)9-17(15)23/h4-7,10-11H,8-9H2,1-3H3. The molecule has 1 aliphatic rings. The molecule has 0 radical (unpaired) electrons. The average Bonchev–Trinajstić information content (AvgIpc) is 2.88. The van der Waals surface area contributed by atoms with Crippen LogP contribution in [0.25, 0.3) is 16.8 Å². The van der Waals surface area contributed by atoms with Crippen LogP contribution in [0.4, 0.5) is 0 Å². The third-order valence-corrected chi connectivity index (χ3v) is 4.52. The number of Topliss-reactive ketones (excluding diaryl/α,β-unsaturated/α-hetero) is 1. The van der Waals surface area contributed by atoms with Crippen LogP contribution in [-0.4, -0.2) is 20.4 Å². The van der Waals surface area contributed by atoms with Crippen molar-refractivity contribution < 1.29 is 4.79 Å². The Kier molecular flexibility index (Phi) is 2.92. The van der Waals surface area contributed by atoms with Crippen molar-refractivity contribution in [3.8, 4) is 11.1 Å². The molecule has 0 fully saturated rings. The molecule has 116 valence electrons. The molecule has 0 atom stereocenters. The van der Waals surface area contributed by atoms with E-state index in [1.807, 2.05) is 12.4 Å². The SMILES string of the molecule is Cc1ccc(-c2cnn3cc4c(nc23)CC(C)(C)CC4=O)cc1. The quantitative estimate of drug-likeness (QED) is 0.686. The van der Waals surface area contributed by atoms with Gasteiger partial charge in [0.25, 0.3) is 0 Å². The zero-order valence-corrected chi connectivity index (χ0v) is 13.6. The van der Waals surface area contributed by atoms with Gasteiger partial charge in [-0.2, -0.15) is 5.10 Å². The summed E-state index contributed by atoms with van der Waals surface area (Å²) in [4.78, 5) is 17.2. The highest BCUT2D eigenvalue weighted by molar-refractivity contribution is 5.98. The van der Waals surface area contributed by atoms with Crippen molar-refractivity contribution in [2.24, 2.45) is 5.41 Å². The zero-order valence-electron chi connectivity index (χ0n) is 13.6. The predicted octanol–water partition coefficient (Wildman–Crippen LogP) is 3.86. The molecule has 4 heteroatoms. The Hall–Kier alpha value is -2.49. The fourth-order valence-corrected chi connectivity index (χ4v) is 3.30. The number of fused-ring (bicyclic) bond motifs is 2. The lowest BCUT2D eigenvalue weighted by atomic mass is 9.76. The first-order chi connectivity index (χ1) is 10.9. The fraction of sp³-hybridized carbons (Fsp3) is 0.316. The van der Waals surface area contributed by atoms with Gasteiger partial charge in [-0.3, -0.25) is 4.79 Å². The first-order valence-corrected chi connectivity index (χ1v) is 7.90. The maximum atomic E-state index is 12.4. The summed E-state index contributed by atoms with van der Waals surface area (Å²) in [5.41, 5.74) is 5.73.